The van der Waals surface area contributed by atoms with Crippen molar-refractivity contribution in [2.24, 2.45) is 0 Å². The Hall–Kier alpha value is -1.56. The molecule has 2 amide bonds. The molecule has 0 aromatic heterocycles. The number of amides is 2. The molecule has 6 heteroatoms. The monoisotopic (exact) mass is 354 g/mol. The molecule has 1 aliphatic rings. The van der Waals surface area contributed by atoms with Gasteiger partial charge in [0.15, 0.2) is 6.61 Å². The number of ether oxygens (including phenoxy) is 1. The van der Waals surface area contributed by atoms with Gasteiger partial charge in [-0.1, -0.05) is 15.9 Å². The first-order valence-corrected chi connectivity index (χ1v) is 7.77. The van der Waals surface area contributed by atoms with Gasteiger partial charge >= 0.3 is 0 Å². The lowest BCUT2D eigenvalue weighted by atomic mass is 10.1. The van der Waals surface area contributed by atoms with E-state index in [4.69, 9.17) is 4.74 Å². The van der Waals surface area contributed by atoms with Gasteiger partial charge in [-0.15, -0.1) is 0 Å². The summed E-state index contributed by atoms with van der Waals surface area (Å²) in [5, 5.41) is 2.95. The zero-order valence-corrected chi connectivity index (χ0v) is 13.6. The van der Waals surface area contributed by atoms with Crippen LogP contribution in [0.25, 0.3) is 0 Å². The largest absolute Gasteiger partial charge is 0.484 e. The smallest absolute Gasteiger partial charge is 0.258 e. The molecular weight excluding hydrogens is 336 g/mol. The molecule has 0 saturated carbocycles. The van der Waals surface area contributed by atoms with E-state index in [1.165, 1.54) is 0 Å². The predicted octanol–water partition coefficient (Wildman–Crippen LogP) is 1.95. The molecule has 1 heterocycles. The molecule has 1 aliphatic heterocycles. The number of carbonyl (C=O) groups is 2. The Morgan fingerprint density at radius 3 is 2.48 bits per heavy atom. The maximum absolute atomic E-state index is 11.8. The molecule has 21 heavy (non-hydrogen) atoms. The Bertz CT molecular complexity index is 496. The fraction of sp³-hybridized carbons (Fsp3) is 0.467. The van der Waals surface area contributed by atoms with Crippen molar-refractivity contribution in [3.8, 4) is 5.75 Å². The average Bonchev–Trinajstić information content (AvgIpc) is 2.47. The number of hydrogen-bond donors (Lipinski definition) is 1. The quantitative estimate of drug-likeness (QED) is 0.898. The molecule has 1 N–H and O–H groups in total. The summed E-state index contributed by atoms with van der Waals surface area (Å²) in [6.45, 7) is 2.99. The lowest BCUT2D eigenvalue weighted by Crippen LogP contribution is -2.47. The van der Waals surface area contributed by atoms with Crippen molar-refractivity contribution in [2.45, 2.75) is 25.8 Å². The summed E-state index contributed by atoms with van der Waals surface area (Å²) in [6, 6.07) is 7.47. The van der Waals surface area contributed by atoms with Crippen LogP contribution in [0, 0.1) is 0 Å². The van der Waals surface area contributed by atoms with Crippen molar-refractivity contribution in [2.75, 3.05) is 19.7 Å². The fourth-order valence-corrected chi connectivity index (χ4v) is 2.55. The van der Waals surface area contributed by atoms with Gasteiger partial charge in [-0.3, -0.25) is 9.59 Å². The molecule has 5 nitrogen and oxygen atoms in total. The van der Waals surface area contributed by atoms with Crippen LogP contribution in [0.3, 0.4) is 0 Å². The third kappa shape index (κ3) is 5.04. The minimum Gasteiger partial charge on any atom is -0.484 e. The Labute approximate surface area is 132 Å². The average molecular weight is 355 g/mol. The molecule has 0 atom stereocenters. The van der Waals surface area contributed by atoms with Crippen LogP contribution in [0.5, 0.6) is 5.75 Å². The van der Waals surface area contributed by atoms with Crippen molar-refractivity contribution in [1.82, 2.24) is 10.2 Å². The van der Waals surface area contributed by atoms with Crippen molar-refractivity contribution in [1.29, 1.82) is 0 Å². The third-order valence-electron chi connectivity index (χ3n) is 3.49. The topological polar surface area (TPSA) is 58.6 Å². The van der Waals surface area contributed by atoms with Crippen LogP contribution in [0.4, 0.5) is 0 Å². The first-order valence-electron chi connectivity index (χ1n) is 6.98. The van der Waals surface area contributed by atoms with Gasteiger partial charge in [-0.2, -0.15) is 0 Å². The molecule has 1 fully saturated rings. The van der Waals surface area contributed by atoms with Gasteiger partial charge in [-0.05, 0) is 37.1 Å². The highest BCUT2D eigenvalue weighted by atomic mass is 79.9. The van der Waals surface area contributed by atoms with Crippen molar-refractivity contribution >= 4 is 27.7 Å². The lowest BCUT2D eigenvalue weighted by Gasteiger charge is -2.31. The highest BCUT2D eigenvalue weighted by Gasteiger charge is 2.21. The first kappa shape index (κ1) is 15.8. The molecule has 0 aliphatic carbocycles. The van der Waals surface area contributed by atoms with Gasteiger partial charge in [-0.25, -0.2) is 0 Å². The van der Waals surface area contributed by atoms with Gasteiger partial charge in [0.25, 0.3) is 5.91 Å². The molecule has 114 valence electrons. The van der Waals surface area contributed by atoms with E-state index in [2.05, 4.69) is 21.2 Å². The van der Waals surface area contributed by atoms with E-state index >= 15 is 0 Å². The van der Waals surface area contributed by atoms with Crippen molar-refractivity contribution in [3.63, 3.8) is 0 Å². The van der Waals surface area contributed by atoms with Gasteiger partial charge in [0.2, 0.25) is 5.91 Å². The summed E-state index contributed by atoms with van der Waals surface area (Å²) in [7, 11) is 0. The second-order valence-corrected chi connectivity index (χ2v) is 6.01. The lowest BCUT2D eigenvalue weighted by molar-refractivity contribution is -0.130. The first-order chi connectivity index (χ1) is 10.0. The summed E-state index contributed by atoms with van der Waals surface area (Å²) in [5.74, 6) is 0.636. The molecular formula is C15H19BrN2O3. The summed E-state index contributed by atoms with van der Waals surface area (Å²) < 4.78 is 6.40. The highest BCUT2D eigenvalue weighted by Crippen LogP contribution is 2.16. The van der Waals surface area contributed by atoms with Gasteiger partial charge in [0, 0.05) is 30.5 Å². The SMILES string of the molecule is CC(=O)N1CCC(NC(=O)COc2ccc(Br)cc2)CC1. The molecule has 0 radical (unpaired) electrons. The predicted molar refractivity (Wildman–Crippen MR) is 83.1 cm³/mol. The number of likely N-dealkylation sites (tertiary alicyclic amines) is 1. The zero-order valence-electron chi connectivity index (χ0n) is 12.0. The van der Waals surface area contributed by atoms with Crippen LogP contribution >= 0.6 is 15.9 Å². The Morgan fingerprint density at radius 1 is 1.29 bits per heavy atom. The molecule has 0 unspecified atom stereocenters. The number of nitrogens with one attached hydrogen (secondary N) is 1. The van der Waals surface area contributed by atoms with E-state index in [9.17, 15) is 9.59 Å². The Kier molecular flexibility index (Phi) is 5.61. The molecule has 2 rings (SSSR count). The second kappa shape index (κ2) is 7.45. The number of halogens is 1. The number of benzene rings is 1. The van der Waals surface area contributed by atoms with Crippen LogP contribution in [0.1, 0.15) is 19.8 Å². The molecule has 1 saturated heterocycles. The number of carbonyl (C=O) groups excluding carboxylic acids is 2. The van der Waals surface area contributed by atoms with Crippen LogP contribution < -0.4 is 10.1 Å². The standard InChI is InChI=1S/C15H19BrN2O3/c1-11(19)18-8-6-13(7-9-18)17-15(20)10-21-14-4-2-12(16)3-5-14/h2-5,13H,6-10H2,1H3,(H,17,20). The summed E-state index contributed by atoms with van der Waals surface area (Å²) in [5.41, 5.74) is 0. The van der Waals surface area contributed by atoms with E-state index in [1.54, 1.807) is 11.8 Å². The second-order valence-electron chi connectivity index (χ2n) is 5.09. The summed E-state index contributed by atoms with van der Waals surface area (Å²) in [4.78, 5) is 24.9. The minimum absolute atomic E-state index is 0.00849. The van der Waals surface area contributed by atoms with E-state index in [0.29, 0.717) is 18.8 Å². The zero-order chi connectivity index (χ0) is 15.2. The molecule has 1 aromatic rings. The maximum Gasteiger partial charge on any atom is 0.258 e. The third-order valence-corrected chi connectivity index (χ3v) is 4.02. The van der Waals surface area contributed by atoms with Gasteiger partial charge in [0.1, 0.15) is 5.75 Å². The van der Waals surface area contributed by atoms with E-state index in [0.717, 1.165) is 17.3 Å². The number of piperidine rings is 1. The van der Waals surface area contributed by atoms with Gasteiger partial charge < -0.3 is 15.0 Å². The van der Waals surface area contributed by atoms with Crippen LogP contribution in [0.15, 0.2) is 28.7 Å². The summed E-state index contributed by atoms with van der Waals surface area (Å²) >= 11 is 3.34. The Balaban J connectivity index is 1.70. The highest BCUT2D eigenvalue weighted by molar-refractivity contribution is 9.10. The van der Waals surface area contributed by atoms with E-state index < -0.39 is 0 Å². The molecule has 1 aromatic carbocycles. The normalized spacial score (nSPS) is 15.6. The van der Waals surface area contributed by atoms with E-state index in [1.807, 2.05) is 24.3 Å². The number of rotatable bonds is 4. The summed E-state index contributed by atoms with van der Waals surface area (Å²) in [6.07, 6.45) is 1.59. The van der Waals surface area contributed by atoms with Crippen molar-refractivity contribution < 1.29 is 14.3 Å². The molecule has 0 spiro atoms. The number of nitrogens with zero attached hydrogens (tertiary/aromatic N) is 1. The maximum atomic E-state index is 11.8. The van der Waals surface area contributed by atoms with E-state index in [-0.39, 0.29) is 24.5 Å². The van der Waals surface area contributed by atoms with Crippen molar-refractivity contribution in [3.05, 3.63) is 28.7 Å². The number of hydrogen-bond acceptors (Lipinski definition) is 3. The minimum atomic E-state index is -0.126. The Morgan fingerprint density at radius 2 is 1.90 bits per heavy atom. The molecule has 0 bridgehead atoms. The fourth-order valence-electron chi connectivity index (χ4n) is 2.29. The van der Waals surface area contributed by atoms with Crippen LogP contribution in [-0.4, -0.2) is 42.5 Å². The van der Waals surface area contributed by atoms with Gasteiger partial charge in [0.05, 0.1) is 0 Å². The van der Waals surface area contributed by atoms with Crippen LogP contribution in [0.2, 0.25) is 0 Å². The van der Waals surface area contributed by atoms with Crippen LogP contribution in [-0.2, 0) is 9.59 Å².